The molecule has 0 aromatic rings. The summed E-state index contributed by atoms with van der Waals surface area (Å²) in [4.78, 5) is 22.6. The Morgan fingerprint density at radius 2 is 2.04 bits per heavy atom. The third kappa shape index (κ3) is 6.75. The van der Waals surface area contributed by atoms with Crippen LogP contribution in [-0.4, -0.2) is 35.0 Å². The lowest BCUT2D eigenvalue weighted by Gasteiger charge is -2.24. The molecule has 5 nitrogen and oxygen atoms in total. The molecule has 2 atom stereocenters. The molecular formula is C15H20F3NO4. The van der Waals surface area contributed by atoms with Crippen LogP contribution in [0.1, 0.15) is 40.0 Å². The molecule has 0 radical (unpaired) electrons. The maximum absolute atomic E-state index is 13.7. The van der Waals surface area contributed by atoms with E-state index in [1.807, 2.05) is 0 Å². The molecule has 1 aliphatic carbocycles. The summed E-state index contributed by atoms with van der Waals surface area (Å²) in [5.41, 5.74) is -0.959. The van der Waals surface area contributed by atoms with Crippen LogP contribution < -0.4 is 5.32 Å². The van der Waals surface area contributed by atoms with Crippen LogP contribution >= 0.6 is 0 Å². The van der Waals surface area contributed by atoms with E-state index in [9.17, 15) is 22.8 Å². The number of carbonyl (C=O) groups is 2. The molecule has 1 rings (SSSR count). The van der Waals surface area contributed by atoms with E-state index in [2.05, 4.69) is 5.32 Å². The Morgan fingerprint density at radius 1 is 1.43 bits per heavy atom. The van der Waals surface area contributed by atoms with E-state index < -0.39 is 54.4 Å². The first-order chi connectivity index (χ1) is 10.5. The number of carbonyl (C=O) groups excluding carboxylic acids is 1. The van der Waals surface area contributed by atoms with Crippen LogP contribution in [0, 0.1) is 0 Å². The SMILES string of the molecule is CC(C)(C)OC(=O)N[C@@H](CC(=O)O)CC1=C(F)CC(F)C(F)=C1. The number of rotatable bonds is 5. The van der Waals surface area contributed by atoms with Gasteiger partial charge in [-0.3, -0.25) is 4.79 Å². The molecule has 1 amide bonds. The highest BCUT2D eigenvalue weighted by Gasteiger charge is 2.27. The van der Waals surface area contributed by atoms with Gasteiger partial charge in [-0.25, -0.2) is 18.0 Å². The highest BCUT2D eigenvalue weighted by atomic mass is 19.2. The molecule has 0 saturated carbocycles. The fourth-order valence-corrected chi connectivity index (χ4v) is 2.02. The van der Waals surface area contributed by atoms with Gasteiger partial charge in [0.15, 0.2) is 6.17 Å². The van der Waals surface area contributed by atoms with Crippen molar-refractivity contribution < 1.29 is 32.6 Å². The number of halogens is 3. The third-order valence-electron chi connectivity index (χ3n) is 2.93. The summed E-state index contributed by atoms with van der Waals surface area (Å²) >= 11 is 0. The van der Waals surface area contributed by atoms with Crippen LogP contribution in [0.25, 0.3) is 0 Å². The first kappa shape index (κ1) is 19.1. The van der Waals surface area contributed by atoms with Crippen LogP contribution in [0.5, 0.6) is 0 Å². The Hall–Kier alpha value is -1.99. The first-order valence-electron chi connectivity index (χ1n) is 7.08. The van der Waals surface area contributed by atoms with Crippen LogP contribution in [0.4, 0.5) is 18.0 Å². The Bertz CT molecular complexity index is 537. The fraction of sp³-hybridized carbons (Fsp3) is 0.600. The van der Waals surface area contributed by atoms with Gasteiger partial charge in [0.1, 0.15) is 17.3 Å². The van der Waals surface area contributed by atoms with Crippen molar-refractivity contribution in [3.8, 4) is 0 Å². The zero-order valence-electron chi connectivity index (χ0n) is 13.2. The molecule has 23 heavy (non-hydrogen) atoms. The zero-order chi connectivity index (χ0) is 17.8. The smallest absolute Gasteiger partial charge is 0.407 e. The minimum atomic E-state index is -2.03. The van der Waals surface area contributed by atoms with Crippen molar-refractivity contribution in [3.05, 3.63) is 23.3 Å². The summed E-state index contributed by atoms with van der Waals surface area (Å²) in [7, 11) is 0. The van der Waals surface area contributed by atoms with E-state index in [0.29, 0.717) is 6.08 Å². The molecule has 1 aliphatic rings. The number of alkyl halides is 1. The van der Waals surface area contributed by atoms with Gasteiger partial charge in [-0.1, -0.05) is 0 Å². The number of carboxylic acid groups (broad SMARTS) is 1. The Balaban J connectivity index is 2.81. The maximum atomic E-state index is 13.7. The van der Waals surface area contributed by atoms with Gasteiger partial charge in [-0.2, -0.15) is 0 Å². The second-order valence-corrected chi connectivity index (χ2v) is 6.28. The molecular weight excluding hydrogens is 315 g/mol. The number of hydrogen-bond acceptors (Lipinski definition) is 3. The minimum Gasteiger partial charge on any atom is -0.481 e. The summed E-state index contributed by atoms with van der Waals surface area (Å²) < 4.78 is 45.0. The number of aliphatic carboxylic acids is 1. The van der Waals surface area contributed by atoms with Crippen LogP contribution in [0.15, 0.2) is 23.3 Å². The average Bonchev–Trinajstić information content (AvgIpc) is 2.32. The van der Waals surface area contributed by atoms with Gasteiger partial charge in [-0.15, -0.1) is 0 Å². The molecule has 0 spiro atoms. The topological polar surface area (TPSA) is 75.6 Å². The van der Waals surface area contributed by atoms with E-state index in [-0.39, 0.29) is 12.0 Å². The van der Waals surface area contributed by atoms with Gasteiger partial charge in [0, 0.05) is 12.5 Å². The van der Waals surface area contributed by atoms with Gasteiger partial charge in [0.2, 0.25) is 0 Å². The summed E-state index contributed by atoms with van der Waals surface area (Å²) in [5.74, 6) is -3.20. The second kappa shape index (κ2) is 7.52. The summed E-state index contributed by atoms with van der Waals surface area (Å²) in [5, 5.41) is 11.2. The van der Waals surface area contributed by atoms with Gasteiger partial charge in [0.25, 0.3) is 0 Å². The molecule has 8 heteroatoms. The number of ether oxygens (including phenoxy) is 1. The summed E-state index contributed by atoms with van der Waals surface area (Å²) in [6.45, 7) is 4.88. The van der Waals surface area contributed by atoms with E-state index in [0.717, 1.165) is 0 Å². The third-order valence-corrected chi connectivity index (χ3v) is 2.93. The van der Waals surface area contributed by atoms with E-state index in [1.54, 1.807) is 20.8 Å². The lowest BCUT2D eigenvalue weighted by atomic mass is 9.96. The van der Waals surface area contributed by atoms with E-state index >= 15 is 0 Å². The van der Waals surface area contributed by atoms with Crippen molar-refractivity contribution in [2.75, 3.05) is 0 Å². The maximum Gasteiger partial charge on any atom is 0.407 e. The van der Waals surface area contributed by atoms with Crippen molar-refractivity contribution >= 4 is 12.1 Å². The molecule has 0 saturated heterocycles. The lowest BCUT2D eigenvalue weighted by Crippen LogP contribution is -2.40. The standard InChI is InChI=1S/C15H20F3NO4/c1-15(2,3)23-14(22)19-9(6-13(20)21)4-8-5-11(17)12(18)7-10(8)16/h5,9,12H,4,6-7H2,1-3H3,(H,19,22)(H,20,21)/t9-,12?/m1/s1. The van der Waals surface area contributed by atoms with Crippen molar-refractivity contribution in [2.24, 2.45) is 0 Å². The largest absolute Gasteiger partial charge is 0.481 e. The Labute approximate surface area is 132 Å². The molecule has 1 unspecified atom stereocenters. The predicted octanol–water partition coefficient (Wildman–Crippen LogP) is 3.56. The summed E-state index contributed by atoms with van der Waals surface area (Å²) in [6.07, 6.45) is -3.72. The van der Waals surface area contributed by atoms with Crippen LogP contribution in [-0.2, 0) is 9.53 Å². The molecule has 0 aromatic heterocycles. The second-order valence-electron chi connectivity index (χ2n) is 6.28. The Kier molecular flexibility index (Phi) is 6.23. The number of carboxylic acids is 1. The van der Waals surface area contributed by atoms with Gasteiger partial charge in [-0.05, 0) is 38.8 Å². The van der Waals surface area contributed by atoms with Gasteiger partial charge >= 0.3 is 12.1 Å². The number of allylic oxidation sites excluding steroid dienone is 3. The first-order valence-corrected chi connectivity index (χ1v) is 7.08. The van der Waals surface area contributed by atoms with E-state index in [4.69, 9.17) is 9.84 Å². The molecule has 0 fully saturated rings. The highest BCUT2D eigenvalue weighted by molar-refractivity contribution is 5.71. The number of amides is 1. The zero-order valence-corrected chi connectivity index (χ0v) is 13.2. The van der Waals surface area contributed by atoms with Gasteiger partial charge in [0.05, 0.1) is 6.42 Å². The molecule has 0 bridgehead atoms. The monoisotopic (exact) mass is 335 g/mol. The quantitative estimate of drug-likeness (QED) is 0.805. The van der Waals surface area contributed by atoms with Gasteiger partial charge < -0.3 is 15.2 Å². The molecule has 0 aliphatic heterocycles. The average molecular weight is 335 g/mol. The number of alkyl carbamates (subject to hydrolysis) is 1. The van der Waals surface area contributed by atoms with Crippen molar-refractivity contribution in [2.45, 2.75) is 57.8 Å². The number of nitrogens with one attached hydrogen (secondary N) is 1. The van der Waals surface area contributed by atoms with E-state index in [1.165, 1.54) is 0 Å². The Morgan fingerprint density at radius 3 is 2.57 bits per heavy atom. The van der Waals surface area contributed by atoms with Crippen LogP contribution in [0.3, 0.4) is 0 Å². The summed E-state index contributed by atoms with van der Waals surface area (Å²) in [6, 6.07) is -1.01. The van der Waals surface area contributed by atoms with Crippen molar-refractivity contribution in [1.29, 1.82) is 0 Å². The van der Waals surface area contributed by atoms with Crippen LogP contribution in [0.2, 0.25) is 0 Å². The number of hydrogen-bond donors (Lipinski definition) is 2. The lowest BCUT2D eigenvalue weighted by molar-refractivity contribution is -0.137. The fourth-order valence-electron chi connectivity index (χ4n) is 2.02. The minimum absolute atomic E-state index is 0.168. The molecule has 130 valence electrons. The predicted molar refractivity (Wildman–Crippen MR) is 76.9 cm³/mol. The van der Waals surface area contributed by atoms with Crippen molar-refractivity contribution in [1.82, 2.24) is 5.32 Å². The molecule has 2 N–H and O–H groups in total. The molecule has 0 heterocycles. The van der Waals surface area contributed by atoms with Crippen molar-refractivity contribution in [3.63, 3.8) is 0 Å². The molecule has 0 aromatic carbocycles. The normalized spacial score (nSPS) is 19.9. The highest BCUT2D eigenvalue weighted by Crippen LogP contribution is 2.31.